The Labute approximate surface area is 130 Å². The third kappa shape index (κ3) is 5.78. The van der Waals surface area contributed by atoms with Gasteiger partial charge in [0.05, 0.1) is 4.90 Å². The van der Waals surface area contributed by atoms with Crippen molar-refractivity contribution in [1.29, 1.82) is 0 Å². The summed E-state index contributed by atoms with van der Waals surface area (Å²) < 4.78 is 26.5. The van der Waals surface area contributed by atoms with Crippen molar-refractivity contribution >= 4 is 33.1 Å². The van der Waals surface area contributed by atoms with Crippen molar-refractivity contribution in [3.05, 3.63) is 29.8 Å². The molecule has 1 aromatic carbocycles. The van der Waals surface area contributed by atoms with Crippen LogP contribution in [0, 0.1) is 0 Å². The molecule has 1 amide bonds. The standard InChI is InChI=1S/C13H19N3O3S2/c1-2-7-15-12(17)6-8-16-21(18,19)11-5-3-4-10(9-11)13(14)20/h3-5,9,16H,2,6-8H2,1H3,(H2,14,20)(H,15,17). The van der Waals surface area contributed by atoms with Crippen LogP contribution in [0.15, 0.2) is 29.2 Å². The number of hydrogen-bond acceptors (Lipinski definition) is 4. The highest BCUT2D eigenvalue weighted by Crippen LogP contribution is 2.11. The number of carbonyl (C=O) groups excluding carboxylic acids is 1. The van der Waals surface area contributed by atoms with Gasteiger partial charge in [-0.05, 0) is 18.6 Å². The van der Waals surface area contributed by atoms with Crippen LogP contribution in [0.25, 0.3) is 0 Å². The Balaban J connectivity index is 2.63. The van der Waals surface area contributed by atoms with Crippen molar-refractivity contribution in [2.24, 2.45) is 5.73 Å². The van der Waals surface area contributed by atoms with Crippen LogP contribution in [-0.4, -0.2) is 32.4 Å². The normalized spacial score (nSPS) is 11.1. The molecule has 0 saturated heterocycles. The lowest BCUT2D eigenvalue weighted by molar-refractivity contribution is -0.120. The third-order valence-corrected chi connectivity index (χ3v) is 4.34. The summed E-state index contributed by atoms with van der Waals surface area (Å²) in [7, 11) is -3.68. The maximum atomic E-state index is 12.1. The van der Waals surface area contributed by atoms with Crippen LogP contribution in [0.5, 0.6) is 0 Å². The first-order valence-electron chi connectivity index (χ1n) is 6.53. The Bertz CT molecular complexity index is 615. The maximum Gasteiger partial charge on any atom is 0.240 e. The molecule has 0 aliphatic carbocycles. The fourth-order valence-electron chi connectivity index (χ4n) is 1.55. The summed E-state index contributed by atoms with van der Waals surface area (Å²) in [6.07, 6.45) is 0.928. The van der Waals surface area contributed by atoms with Crippen LogP contribution in [0.1, 0.15) is 25.3 Å². The van der Waals surface area contributed by atoms with Gasteiger partial charge in [-0.2, -0.15) is 0 Å². The molecule has 8 heteroatoms. The molecule has 1 aromatic rings. The quantitative estimate of drug-likeness (QED) is 0.604. The first-order chi connectivity index (χ1) is 9.86. The Morgan fingerprint density at radius 3 is 2.67 bits per heavy atom. The van der Waals surface area contributed by atoms with Gasteiger partial charge in [-0.15, -0.1) is 0 Å². The van der Waals surface area contributed by atoms with E-state index in [0.717, 1.165) is 6.42 Å². The summed E-state index contributed by atoms with van der Waals surface area (Å²) in [6.45, 7) is 2.56. The highest BCUT2D eigenvalue weighted by atomic mass is 32.2. The van der Waals surface area contributed by atoms with Crippen molar-refractivity contribution in [2.45, 2.75) is 24.7 Å². The number of thiocarbonyl (C=S) groups is 1. The summed E-state index contributed by atoms with van der Waals surface area (Å²) >= 11 is 4.82. The van der Waals surface area contributed by atoms with Crippen LogP contribution in [0.3, 0.4) is 0 Å². The highest BCUT2D eigenvalue weighted by molar-refractivity contribution is 7.89. The molecule has 0 saturated carbocycles. The molecule has 116 valence electrons. The van der Waals surface area contributed by atoms with Gasteiger partial charge in [0.1, 0.15) is 4.99 Å². The second-order valence-electron chi connectivity index (χ2n) is 4.39. The van der Waals surface area contributed by atoms with E-state index in [2.05, 4.69) is 10.0 Å². The zero-order valence-corrected chi connectivity index (χ0v) is 13.4. The first kappa shape index (κ1) is 17.5. The zero-order chi connectivity index (χ0) is 15.9. The van der Waals surface area contributed by atoms with Gasteiger partial charge < -0.3 is 11.1 Å². The number of sulfonamides is 1. The molecule has 0 heterocycles. The number of nitrogens with one attached hydrogen (secondary N) is 2. The summed E-state index contributed by atoms with van der Waals surface area (Å²) in [5.74, 6) is -0.184. The predicted molar refractivity (Wildman–Crippen MR) is 85.4 cm³/mol. The van der Waals surface area contributed by atoms with E-state index < -0.39 is 10.0 Å². The molecule has 0 atom stereocenters. The van der Waals surface area contributed by atoms with Crippen molar-refractivity contribution < 1.29 is 13.2 Å². The molecule has 6 nitrogen and oxygen atoms in total. The lowest BCUT2D eigenvalue weighted by atomic mass is 10.2. The molecule has 0 bridgehead atoms. The Hall–Kier alpha value is -1.51. The molecule has 0 unspecified atom stereocenters. The summed E-state index contributed by atoms with van der Waals surface area (Å²) in [5.41, 5.74) is 5.96. The fraction of sp³-hybridized carbons (Fsp3) is 0.385. The van der Waals surface area contributed by atoms with E-state index in [1.807, 2.05) is 6.92 Å². The highest BCUT2D eigenvalue weighted by Gasteiger charge is 2.15. The van der Waals surface area contributed by atoms with Gasteiger partial charge >= 0.3 is 0 Å². The number of rotatable bonds is 8. The van der Waals surface area contributed by atoms with Gasteiger partial charge in [0, 0.05) is 25.1 Å². The van der Waals surface area contributed by atoms with E-state index in [0.29, 0.717) is 12.1 Å². The number of nitrogens with two attached hydrogens (primary N) is 1. The number of carbonyl (C=O) groups is 1. The molecular weight excluding hydrogens is 310 g/mol. The number of benzene rings is 1. The van der Waals surface area contributed by atoms with Gasteiger partial charge in [-0.1, -0.05) is 31.3 Å². The minimum Gasteiger partial charge on any atom is -0.389 e. The van der Waals surface area contributed by atoms with Crippen LogP contribution in [0.4, 0.5) is 0 Å². The van der Waals surface area contributed by atoms with E-state index in [9.17, 15) is 13.2 Å². The van der Waals surface area contributed by atoms with Gasteiger partial charge in [-0.25, -0.2) is 13.1 Å². The van der Waals surface area contributed by atoms with Crippen molar-refractivity contribution in [2.75, 3.05) is 13.1 Å². The van der Waals surface area contributed by atoms with Crippen LogP contribution in [0.2, 0.25) is 0 Å². The zero-order valence-electron chi connectivity index (χ0n) is 11.8. The smallest absolute Gasteiger partial charge is 0.240 e. The van der Waals surface area contributed by atoms with Gasteiger partial charge in [0.2, 0.25) is 15.9 Å². The molecule has 21 heavy (non-hydrogen) atoms. The average molecular weight is 329 g/mol. The largest absolute Gasteiger partial charge is 0.389 e. The first-order valence-corrected chi connectivity index (χ1v) is 8.42. The van der Waals surface area contributed by atoms with Crippen molar-refractivity contribution in [1.82, 2.24) is 10.0 Å². The van der Waals surface area contributed by atoms with Crippen LogP contribution in [-0.2, 0) is 14.8 Å². The van der Waals surface area contributed by atoms with Crippen LogP contribution >= 0.6 is 12.2 Å². The van der Waals surface area contributed by atoms with Crippen LogP contribution < -0.4 is 15.8 Å². The lowest BCUT2D eigenvalue weighted by Gasteiger charge is -2.08. The predicted octanol–water partition coefficient (Wildman–Crippen LogP) is 0.515. The van der Waals surface area contributed by atoms with E-state index in [4.69, 9.17) is 18.0 Å². The van der Waals surface area contributed by atoms with Crippen molar-refractivity contribution in [3.63, 3.8) is 0 Å². The van der Waals surface area contributed by atoms with Gasteiger partial charge in [-0.3, -0.25) is 4.79 Å². The van der Waals surface area contributed by atoms with Gasteiger partial charge in [0.15, 0.2) is 0 Å². The Morgan fingerprint density at radius 2 is 2.05 bits per heavy atom. The lowest BCUT2D eigenvalue weighted by Crippen LogP contribution is -2.31. The molecule has 0 aliphatic rings. The van der Waals surface area contributed by atoms with Crippen molar-refractivity contribution in [3.8, 4) is 0 Å². The van der Waals surface area contributed by atoms with E-state index in [1.54, 1.807) is 12.1 Å². The minimum absolute atomic E-state index is 0.0369. The molecule has 0 aromatic heterocycles. The molecule has 0 radical (unpaired) electrons. The molecule has 0 spiro atoms. The summed E-state index contributed by atoms with van der Waals surface area (Å²) in [4.78, 5) is 11.6. The molecule has 0 aliphatic heterocycles. The maximum absolute atomic E-state index is 12.1. The SMILES string of the molecule is CCCNC(=O)CCNS(=O)(=O)c1cccc(C(N)=S)c1. The van der Waals surface area contributed by atoms with E-state index >= 15 is 0 Å². The fourth-order valence-corrected chi connectivity index (χ4v) is 2.76. The average Bonchev–Trinajstić information content (AvgIpc) is 2.45. The second kappa shape index (κ2) is 8.06. The summed E-state index contributed by atoms with van der Waals surface area (Å²) in [6, 6.07) is 6.06. The molecule has 4 N–H and O–H groups in total. The molecule has 0 fully saturated rings. The van der Waals surface area contributed by atoms with Gasteiger partial charge in [0.25, 0.3) is 0 Å². The number of amides is 1. The number of hydrogen-bond donors (Lipinski definition) is 3. The molecule has 1 rings (SSSR count). The minimum atomic E-state index is -3.68. The monoisotopic (exact) mass is 329 g/mol. The Morgan fingerprint density at radius 1 is 1.33 bits per heavy atom. The Kier molecular flexibility index (Phi) is 6.73. The van der Waals surface area contributed by atoms with E-state index in [1.165, 1.54) is 12.1 Å². The van der Waals surface area contributed by atoms with E-state index in [-0.39, 0.29) is 28.8 Å². The third-order valence-electron chi connectivity index (χ3n) is 2.65. The molecular formula is C13H19N3O3S2. The second-order valence-corrected chi connectivity index (χ2v) is 6.60. The summed E-state index contributed by atoms with van der Waals surface area (Å²) in [5, 5.41) is 2.68. The topological polar surface area (TPSA) is 101 Å².